The van der Waals surface area contributed by atoms with Crippen molar-refractivity contribution in [2.75, 3.05) is 12.4 Å². The lowest BCUT2D eigenvalue weighted by molar-refractivity contribution is -0.143. The topological polar surface area (TPSA) is 94.6 Å². The first kappa shape index (κ1) is 24.7. The van der Waals surface area contributed by atoms with Crippen molar-refractivity contribution < 1.29 is 26.4 Å². The van der Waals surface area contributed by atoms with Crippen molar-refractivity contribution >= 4 is 25.6 Å². The molecule has 3 aromatic carbocycles. The highest BCUT2D eigenvalue weighted by atomic mass is 32.2. The molecule has 6 nitrogen and oxygen atoms in total. The minimum absolute atomic E-state index is 0.000857. The molecule has 0 N–H and O–H groups in total. The van der Waals surface area contributed by atoms with E-state index < -0.39 is 30.9 Å². The molecule has 0 amide bonds. The Morgan fingerprint density at radius 1 is 0.727 bits per heavy atom. The summed E-state index contributed by atoms with van der Waals surface area (Å²) >= 11 is 0. The molecule has 1 unspecified atom stereocenters. The zero-order valence-corrected chi connectivity index (χ0v) is 19.7. The van der Waals surface area contributed by atoms with Crippen LogP contribution in [0.3, 0.4) is 0 Å². The summed E-state index contributed by atoms with van der Waals surface area (Å²) < 4.78 is 56.8. The van der Waals surface area contributed by atoms with Gasteiger partial charge in [0.05, 0.1) is 22.2 Å². The van der Waals surface area contributed by atoms with Crippen LogP contribution in [0.15, 0.2) is 101 Å². The second-order valence-corrected chi connectivity index (χ2v) is 11.8. The van der Waals surface area contributed by atoms with Gasteiger partial charge >= 0.3 is 5.97 Å². The molecule has 0 saturated carbocycles. The van der Waals surface area contributed by atoms with Gasteiger partial charge < -0.3 is 4.74 Å². The second kappa shape index (κ2) is 11.2. The van der Waals surface area contributed by atoms with E-state index in [4.69, 9.17) is 4.74 Å². The van der Waals surface area contributed by atoms with E-state index in [2.05, 4.69) is 0 Å². The molecule has 3 rings (SSSR count). The first-order valence-corrected chi connectivity index (χ1v) is 13.8. The van der Waals surface area contributed by atoms with Gasteiger partial charge in [0.2, 0.25) is 0 Å². The molecule has 0 aromatic heterocycles. The van der Waals surface area contributed by atoms with Crippen LogP contribution in [0.5, 0.6) is 0 Å². The first-order chi connectivity index (χ1) is 15.8. The Morgan fingerprint density at radius 3 is 1.82 bits per heavy atom. The molecular weight excluding hydrogens is 460 g/mol. The van der Waals surface area contributed by atoms with E-state index >= 15 is 0 Å². The lowest BCUT2D eigenvalue weighted by atomic mass is 10.2. The number of sulfone groups is 2. The molecule has 0 fully saturated rings. The van der Waals surface area contributed by atoms with E-state index in [0.29, 0.717) is 6.42 Å². The third-order valence-corrected chi connectivity index (χ3v) is 9.09. The number of carbonyl (C=O) groups is 1. The van der Waals surface area contributed by atoms with Crippen molar-refractivity contribution in [1.82, 2.24) is 0 Å². The van der Waals surface area contributed by atoms with Crippen LogP contribution >= 0.6 is 0 Å². The van der Waals surface area contributed by atoms with Gasteiger partial charge in [0.1, 0.15) is 0 Å². The van der Waals surface area contributed by atoms with Crippen LogP contribution in [0.1, 0.15) is 18.4 Å². The molecule has 33 heavy (non-hydrogen) atoms. The average molecular weight is 487 g/mol. The van der Waals surface area contributed by atoms with Crippen molar-refractivity contribution in [3.63, 3.8) is 0 Å². The minimum Gasteiger partial charge on any atom is -0.464 e. The van der Waals surface area contributed by atoms with Gasteiger partial charge in [0, 0.05) is 6.42 Å². The highest BCUT2D eigenvalue weighted by molar-refractivity contribution is 7.93. The number of rotatable bonds is 11. The predicted octanol–water partition coefficient (Wildman–Crippen LogP) is 3.87. The van der Waals surface area contributed by atoms with Gasteiger partial charge in [0.25, 0.3) is 0 Å². The van der Waals surface area contributed by atoms with Crippen LogP contribution in [0.4, 0.5) is 0 Å². The molecule has 0 heterocycles. The van der Waals surface area contributed by atoms with Gasteiger partial charge in [-0.2, -0.15) is 0 Å². The van der Waals surface area contributed by atoms with E-state index in [-0.39, 0.29) is 35.0 Å². The molecule has 0 aliphatic heterocycles. The van der Waals surface area contributed by atoms with E-state index in [1.165, 1.54) is 24.3 Å². The molecule has 0 bridgehead atoms. The monoisotopic (exact) mass is 486 g/mol. The van der Waals surface area contributed by atoms with Crippen molar-refractivity contribution in [2.24, 2.45) is 0 Å². The van der Waals surface area contributed by atoms with E-state index in [1.54, 1.807) is 36.4 Å². The summed E-state index contributed by atoms with van der Waals surface area (Å²) in [7, 11) is -7.64. The maximum Gasteiger partial charge on any atom is 0.324 e. The Bertz CT molecular complexity index is 1240. The molecule has 0 radical (unpaired) electrons. The molecule has 174 valence electrons. The summed E-state index contributed by atoms with van der Waals surface area (Å²) in [5, 5.41) is -1.48. The van der Waals surface area contributed by atoms with Crippen LogP contribution in [-0.4, -0.2) is 40.4 Å². The SMILES string of the molecule is O=C(OCCc1ccccc1)C(CCCS(=O)(=O)c1ccccc1)S(=O)(=O)c1ccccc1. The summed E-state index contributed by atoms with van der Waals surface area (Å²) in [6.45, 7) is 0.0337. The van der Waals surface area contributed by atoms with Crippen LogP contribution in [0, 0.1) is 0 Å². The molecule has 8 heteroatoms. The van der Waals surface area contributed by atoms with Crippen molar-refractivity contribution in [2.45, 2.75) is 34.3 Å². The molecule has 0 spiro atoms. The van der Waals surface area contributed by atoms with Gasteiger partial charge in [-0.25, -0.2) is 16.8 Å². The molecule has 0 aliphatic rings. The number of hydrogen-bond acceptors (Lipinski definition) is 6. The summed E-state index contributed by atoms with van der Waals surface area (Å²) in [6.07, 6.45) is 0.294. The number of esters is 1. The number of hydrogen-bond donors (Lipinski definition) is 0. The van der Waals surface area contributed by atoms with Gasteiger partial charge in [-0.05, 0) is 42.7 Å². The largest absolute Gasteiger partial charge is 0.464 e. The highest BCUT2D eigenvalue weighted by Crippen LogP contribution is 2.22. The second-order valence-electron chi connectivity index (χ2n) is 7.52. The fraction of sp³-hybridized carbons (Fsp3) is 0.240. The molecule has 0 aliphatic carbocycles. The summed E-state index contributed by atoms with van der Waals surface area (Å²) in [5.74, 6) is -1.14. The Hall–Kier alpha value is -2.97. The molecule has 3 aromatic rings. The van der Waals surface area contributed by atoms with Crippen LogP contribution < -0.4 is 0 Å². The Labute approximate surface area is 195 Å². The highest BCUT2D eigenvalue weighted by Gasteiger charge is 2.35. The van der Waals surface area contributed by atoms with Crippen molar-refractivity contribution in [1.29, 1.82) is 0 Å². The van der Waals surface area contributed by atoms with Crippen molar-refractivity contribution in [3.8, 4) is 0 Å². The standard InChI is InChI=1S/C25H26O6S2/c26-25(31-19-18-21-11-4-1-5-12-21)24(33(29,30)23-15-8-3-9-16-23)17-10-20-32(27,28)22-13-6-2-7-14-22/h1-9,11-16,24H,10,17-20H2. The summed E-state index contributed by atoms with van der Waals surface area (Å²) in [5.41, 5.74) is 0.960. The van der Waals surface area contributed by atoms with Gasteiger partial charge in [-0.3, -0.25) is 4.79 Å². The number of benzene rings is 3. The van der Waals surface area contributed by atoms with Gasteiger partial charge in [-0.1, -0.05) is 66.7 Å². The quantitative estimate of drug-likeness (QED) is 0.382. The maximum absolute atomic E-state index is 13.2. The maximum atomic E-state index is 13.2. The van der Waals surface area contributed by atoms with Gasteiger partial charge in [-0.15, -0.1) is 0 Å². The minimum atomic E-state index is -4.05. The summed E-state index contributed by atoms with van der Waals surface area (Å²) in [4.78, 5) is 13.0. The predicted molar refractivity (Wildman–Crippen MR) is 126 cm³/mol. The van der Waals surface area contributed by atoms with E-state index in [9.17, 15) is 21.6 Å². The number of carbonyl (C=O) groups excluding carboxylic acids is 1. The summed E-state index contributed by atoms with van der Waals surface area (Å²) in [6, 6.07) is 25.0. The zero-order chi connectivity index (χ0) is 23.7. The Balaban J connectivity index is 1.72. The normalized spacial score (nSPS) is 12.7. The van der Waals surface area contributed by atoms with Crippen LogP contribution in [0.2, 0.25) is 0 Å². The van der Waals surface area contributed by atoms with Crippen LogP contribution in [-0.2, 0) is 35.6 Å². The van der Waals surface area contributed by atoms with Crippen molar-refractivity contribution in [3.05, 3.63) is 96.6 Å². The zero-order valence-electron chi connectivity index (χ0n) is 18.0. The third kappa shape index (κ3) is 6.76. The van der Waals surface area contributed by atoms with E-state index in [0.717, 1.165) is 5.56 Å². The lowest BCUT2D eigenvalue weighted by Gasteiger charge is -2.17. The molecule has 1 atom stereocenters. The smallest absolute Gasteiger partial charge is 0.324 e. The number of ether oxygens (including phenoxy) is 1. The first-order valence-electron chi connectivity index (χ1n) is 10.6. The fourth-order valence-electron chi connectivity index (χ4n) is 3.39. The lowest BCUT2D eigenvalue weighted by Crippen LogP contribution is -2.33. The fourth-order valence-corrected chi connectivity index (χ4v) is 6.40. The van der Waals surface area contributed by atoms with E-state index in [1.807, 2.05) is 30.3 Å². The molecular formula is C25H26O6S2. The average Bonchev–Trinajstić information content (AvgIpc) is 2.83. The Kier molecular flexibility index (Phi) is 8.41. The van der Waals surface area contributed by atoms with Gasteiger partial charge in [0.15, 0.2) is 24.9 Å². The van der Waals surface area contributed by atoms with Crippen LogP contribution in [0.25, 0.3) is 0 Å². The molecule has 0 saturated heterocycles. The Morgan fingerprint density at radius 2 is 1.24 bits per heavy atom. The third-order valence-electron chi connectivity index (χ3n) is 5.17.